The van der Waals surface area contributed by atoms with Gasteiger partial charge in [0.05, 0.1) is 23.0 Å². The number of nitrogens with one attached hydrogen (secondary N) is 2. The van der Waals surface area contributed by atoms with E-state index in [4.69, 9.17) is 19.2 Å². The minimum Gasteiger partial charge on any atom is -0.491 e. The third kappa shape index (κ3) is 6.31. The molecule has 210 valence electrons. The number of piperidine rings is 1. The molecule has 0 radical (unpaired) electrons. The van der Waals surface area contributed by atoms with Crippen LogP contribution >= 0.6 is 0 Å². The maximum Gasteiger partial charge on any atom is 0.317 e. The van der Waals surface area contributed by atoms with Gasteiger partial charge in [-0.25, -0.2) is 14.8 Å². The van der Waals surface area contributed by atoms with Gasteiger partial charge in [0.2, 0.25) is 0 Å². The number of hydrogen-bond donors (Lipinski definition) is 3. The van der Waals surface area contributed by atoms with Gasteiger partial charge in [-0.3, -0.25) is 0 Å². The highest BCUT2D eigenvalue weighted by Crippen LogP contribution is 2.36. The van der Waals surface area contributed by atoms with Crippen LogP contribution in [-0.2, 0) is 0 Å². The molecule has 4 rings (SSSR count). The lowest BCUT2D eigenvalue weighted by Crippen LogP contribution is -2.51. The zero-order valence-corrected chi connectivity index (χ0v) is 23.6. The number of aliphatic hydroxyl groups is 1. The van der Waals surface area contributed by atoms with Crippen LogP contribution in [0.1, 0.15) is 29.9 Å². The summed E-state index contributed by atoms with van der Waals surface area (Å²) in [6, 6.07) is 7.53. The molecule has 39 heavy (non-hydrogen) atoms. The number of nitrogens with zero attached hydrogens (tertiary/aromatic N) is 5. The smallest absolute Gasteiger partial charge is 0.317 e. The number of carbonyl (C=O) groups excluding carboxylic acids is 1. The highest BCUT2D eigenvalue weighted by molar-refractivity contribution is 5.76. The van der Waals surface area contributed by atoms with Crippen LogP contribution in [0.2, 0.25) is 0 Å². The second-order valence-corrected chi connectivity index (χ2v) is 10.0. The number of rotatable bonds is 9. The van der Waals surface area contributed by atoms with E-state index >= 15 is 0 Å². The highest BCUT2D eigenvalue weighted by Gasteiger charge is 2.29. The molecule has 3 aromatic rings. The van der Waals surface area contributed by atoms with Gasteiger partial charge in [-0.05, 0) is 52.8 Å². The molecular formula is C28H39N7O4. The molecule has 0 saturated carbocycles. The number of urea groups is 1. The number of ether oxygens (including phenoxy) is 1. The lowest BCUT2D eigenvalue weighted by molar-refractivity contribution is 0.108. The van der Waals surface area contributed by atoms with Crippen LogP contribution in [0.4, 0.5) is 10.6 Å². The Balaban J connectivity index is 1.75. The first-order valence-electron chi connectivity index (χ1n) is 13.3. The SMILES string of the molecule is CNCC(O)COc1cccc(-c2nc(-c3c(C)noc3C)c(C)c(N3CCC[C@H](N(C)C(=O)NC)C3)n2)c1. The summed E-state index contributed by atoms with van der Waals surface area (Å²) in [5.41, 5.74) is 4.11. The topological polar surface area (TPSA) is 129 Å². The van der Waals surface area contributed by atoms with E-state index in [0.29, 0.717) is 30.4 Å². The van der Waals surface area contributed by atoms with Crippen LogP contribution in [0.5, 0.6) is 5.75 Å². The molecule has 3 heterocycles. The molecule has 11 heteroatoms. The van der Waals surface area contributed by atoms with Gasteiger partial charge >= 0.3 is 6.03 Å². The molecule has 1 fully saturated rings. The molecule has 2 atom stereocenters. The molecule has 11 nitrogen and oxygen atoms in total. The summed E-state index contributed by atoms with van der Waals surface area (Å²) in [5, 5.41) is 19.9. The fourth-order valence-electron chi connectivity index (χ4n) is 5.02. The molecule has 1 unspecified atom stereocenters. The third-order valence-corrected chi connectivity index (χ3v) is 7.14. The molecule has 0 spiro atoms. The molecule has 0 bridgehead atoms. The molecule has 2 amide bonds. The average Bonchev–Trinajstić information content (AvgIpc) is 3.28. The van der Waals surface area contributed by atoms with E-state index in [-0.39, 0.29) is 18.7 Å². The molecule has 3 N–H and O–H groups in total. The van der Waals surface area contributed by atoms with Crippen LogP contribution in [-0.4, -0.2) is 90.7 Å². The maximum absolute atomic E-state index is 12.3. The number of aromatic nitrogens is 3. The average molecular weight is 538 g/mol. The molecule has 1 saturated heterocycles. The standard InChI is InChI=1S/C28H39N7O4/c1-17-25(24-18(2)33-39-19(24)3)31-26(20-9-7-11-23(13-20)38-16-22(36)14-29-4)32-27(17)35-12-8-10-21(15-35)34(6)28(37)30-5/h7,9,11,13,21-22,29,36H,8,10,12,14-16H2,1-6H3,(H,30,37)/t21-,22?/m0/s1. The van der Waals surface area contributed by atoms with E-state index in [9.17, 15) is 9.90 Å². The monoisotopic (exact) mass is 537 g/mol. The third-order valence-electron chi connectivity index (χ3n) is 7.14. The number of aryl methyl sites for hydroxylation is 2. The van der Waals surface area contributed by atoms with Gasteiger partial charge in [0.25, 0.3) is 0 Å². The van der Waals surface area contributed by atoms with E-state index in [2.05, 4.69) is 20.7 Å². The first-order valence-corrected chi connectivity index (χ1v) is 13.3. The lowest BCUT2D eigenvalue weighted by atomic mass is 10.0. The van der Waals surface area contributed by atoms with Crippen LogP contribution < -0.4 is 20.3 Å². The highest BCUT2D eigenvalue weighted by atomic mass is 16.5. The first kappa shape index (κ1) is 28.3. The number of likely N-dealkylation sites (N-methyl/N-ethyl adjacent to an activating group) is 2. The zero-order valence-electron chi connectivity index (χ0n) is 23.6. The summed E-state index contributed by atoms with van der Waals surface area (Å²) in [6.45, 7) is 7.91. The van der Waals surface area contributed by atoms with Crippen molar-refractivity contribution in [2.24, 2.45) is 0 Å². The van der Waals surface area contributed by atoms with Crippen molar-refractivity contribution in [2.75, 3.05) is 52.3 Å². The summed E-state index contributed by atoms with van der Waals surface area (Å²) in [5.74, 6) is 2.68. The van der Waals surface area contributed by atoms with Gasteiger partial charge in [0, 0.05) is 44.9 Å². The van der Waals surface area contributed by atoms with E-state index in [1.54, 1.807) is 19.0 Å². The molecule has 2 aromatic heterocycles. The summed E-state index contributed by atoms with van der Waals surface area (Å²) in [7, 11) is 5.27. The molecule has 1 aliphatic rings. The van der Waals surface area contributed by atoms with Crippen molar-refractivity contribution in [3.63, 3.8) is 0 Å². The van der Waals surface area contributed by atoms with Gasteiger partial charge in [-0.2, -0.15) is 0 Å². The molecular weight excluding hydrogens is 498 g/mol. The van der Waals surface area contributed by atoms with Gasteiger partial charge in [-0.1, -0.05) is 17.3 Å². The van der Waals surface area contributed by atoms with Gasteiger partial charge < -0.3 is 34.8 Å². The van der Waals surface area contributed by atoms with Crippen LogP contribution in [0.25, 0.3) is 22.6 Å². The predicted octanol–water partition coefficient (Wildman–Crippen LogP) is 2.92. The minimum absolute atomic E-state index is 0.0554. The quantitative estimate of drug-likeness (QED) is 0.377. The van der Waals surface area contributed by atoms with E-state index in [1.165, 1.54) is 0 Å². The van der Waals surface area contributed by atoms with Crippen LogP contribution in [0, 0.1) is 20.8 Å². The summed E-state index contributed by atoms with van der Waals surface area (Å²) in [6.07, 6.45) is 1.24. The zero-order chi connectivity index (χ0) is 28.1. The van der Waals surface area contributed by atoms with Gasteiger partial charge in [-0.15, -0.1) is 0 Å². The Kier molecular flexibility index (Phi) is 9.03. The predicted molar refractivity (Wildman–Crippen MR) is 150 cm³/mol. The van der Waals surface area contributed by atoms with Crippen molar-refractivity contribution in [3.8, 4) is 28.4 Å². The Morgan fingerprint density at radius 2 is 2.08 bits per heavy atom. The number of benzene rings is 1. The van der Waals surface area contributed by atoms with Crippen molar-refractivity contribution >= 4 is 11.8 Å². The van der Waals surface area contributed by atoms with E-state index in [1.807, 2.05) is 52.1 Å². The minimum atomic E-state index is -0.619. The van der Waals surface area contributed by atoms with E-state index in [0.717, 1.165) is 53.3 Å². The first-order chi connectivity index (χ1) is 18.7. The van der Waals surface area contributed by atoms with Crippen molar-refractivity contribution < 1.29 is 19.2 Å². The van der Waals surface area contributed by atoms with Crippen molar-refractivity contribution in [3.05, 3.63) is 41.3 Å². The molecule has 1 aliphatic heterocycles. The van der Waals surface area contributed by atoms with Crippen molar-refractivity contribution in [1.82, 2.24) is 30.7 Å². The number of carbonyl (C=O) groups is 1. The largest absolute Gasteiger partial charge is 0.491 e. The van der Waals surface area contributed by atoms with Crippen LogP contribution in [0.15, 0.2) is 28.8 Å². The number of hydrogen-bond acceptors (Lipinski definition) is 9. The Morgan fingerprint density at radius 1 is 1.28 bits per heavy atom. The Labute approximate surface area is 229 Å². The van der Waals surface area contributed by atoms with Crippen molar-refractivity contribution in [2.45, 2.75) is 45.8 Å². The van der Waals surface area contributed by atoms with Crippen molar-refractivity contribution in [1.29, 1.82) is 0 Å². The lowest BCUT2D eigenvalue weighted by Gasteiger charge is -2.38. The summed E-state index contributed by atoms with van der Waals surface area (Å²) >= 11 is 0. The summed E-state index contributed by atoms with van der Waals surface area (Å²) < 4.78 is 11.3. The number of amides is 2. The Morgan fingerprint density at radius 3 is 2.77 bits per heavy atom. The molecule has 1 aromatic carbocycles. The van der Waals surface area contributed by atoms with Gasteiger partial charge in [0.15, 0.2) is 5.82 Å². The second-order valence-electron chi connectivity index (χ2n) is 10.0. The Bertz CT molecular complexity index is 1280. The number of aliphatic hydroxyl groups excluding tert-OH is 1. The summed E-state index contributed by atoms with van der Waals surface area (Å²) in [4.78, 5) is 26.4. The molecule has 0 aliphatic carbocycles. The fraction of sp³-hybridized carbons (Fsp3) is 0.500. The maximum atomic E-state index is 12.3. The van der Waals surface area contributed by atoms with Gasteiger partial charge in [0.1, 0.15) is 30.0 Å². The number of anilines is 1. The fourth-order valence-corrected chi connectivity index (χ4v) is 5.02. The Hall–Kier alpha value is -3.70. The van der Waals surface area contributed by atoms with Crippen LogP contribution in [0.3, 0.4) is 0 Å². The van der Waals surface area contributed by atoms with E-state index < -0.39 is 6.10 Å². The normalized spacial score (nSPS) is 16.2. The second kappa shape index (κ2) is 12.4.